The van der Waals surface area contributed by atoms with Crippen LogP contribution in [-0.4, -0.2) is 51.1 Å². The van der Waals surface area contributed by atoms with Crippen LogP contribution in [0.25, 0.3) is 11.4 Å². The number of anilines is 2. The Morgan fingerprint density at radius 2 is 1.89 bits per heavy atom. The molecule has 3 heterocycles. The van der Waals surface area contributed by atoms with E-state index in [4.69, 9.17) is 4.74 Å². The topological polar surface area (TPSA) is 149 Å². The van der Waals surface area contributed by atoms with E-state index < -0.39 is 26.8 Å². The minimum Gasteiger partial charge on any atom is -0.478 e. The number of aromatic nitrogens is 5. The lowest BCUT2D eigenvalue weighted by Gasteiger charge is -2.22. The van der Waals surface area contributed by atoms with Crippen molar-refractivity contribution in [3.8, 4) is 17.3 Å². The molecule has 184 valence electrons. The van der Waals surface area contributed by atoms with Crippen LogP contribution in [0.1, 0.15) is 38.8 Å². The number of nitrogens with zero attached hydrogens (tertiary/aromatic N) is 5. The van der Waals surface area contributed by atoms with Gasteiger partial charge in [0.25, 0.3) is 5.91 Å². The summed E-state index contributed by atoms with van der Waals surface area (Å²) < 4.78 is 47.8. The summed E-state index contributed by atoms with van der Waals surface area (Å²) in [5, 5.41) is 1.95. The largest absolute Gasteiger partial charge is 0.478 e. The van der Waals surface area contributed by atoms with E-state index in [0.29, 0.717) is 36.7 Å². The Hall–Kier alpha value is -3.74. The summed E-state index contributed by atoms with van der Waals surface area (Å²) in [4.78, 5) is 33.3. The molecular weight excluding hydrogens is 477 g/mol. The van der Waals surface area contributed by atoms with Crippen LogP contribution < -0.4 is 14.8 Å². The molecule has 1 fully saturated rings. The molecular formula is C22H24FN7O4S. The number of nitrogens with one attached hydrogen (secondary N) is 2. The van der Waals surface area contributed by atoms with Crippen LogP contribution in [0.4, 0.5) is 16.2 Å². The van der Waals surface area contributed by atoms with E-state index in [2.05, 4.69) is 35.0 Å². The Labute approximate surface area is 201 Å². The Balaban J connectivity index is 1.50. The summed E-state index contributed by atoms with van der Waals surface area (Å²) in [7, 11) is -3.64. The van der Waals surface area contributed by atoms with Gasteiger partial charge in [-0.15, -0.1) is 0 Å². The number of carbonyl (C=O) groups is 1. The smallest absolute Gasteiger partial charge is 0.269 e. The van der Waals surface area contributed by atoms with Crippen molar-refractivity contribution in [1.82, 2.24) is 24.9 Å². The Bertz CT molecular complexity index is 1320. The highest BCUT2D eigenvalue weighted by Gasteiger charge is 2.41. The van der Waals surface area contributed by atoms with Crippen molar-refractivity contribution in [3.05, 3.63) is 48.5 Å². The van der Waals surface area contributed by atoms with E-state index in [1.54, 1.807) is 18.3 Å². The van der Waals surface area contributed by atoms with Gasteiger partial charge in [0.2, 0.25) is 27.5 Å². The van der Waals surface area contributed by atoms with Crippen LogP contribution in [0, 0.1) is 0 Å². The molecule has 0 bridgehead atoms. The van der Waals surface area contributed by atoms with Gasteiger partial charge in [-0.3, -0.25) is 9.52 Å². The van der Waals surface area contributed by atoms with Crippen LogP contribution >= 0.6 is 0 Å². The second-order valence-corrected chi connectivity index (χ2v) is 9.77. The van der Waals surface area contributed by atoms with Gasteiger partial charge < -0.3 is 10.1 Å². The first kappa shape index (κ1) is 24.4. The van der Waals surface area contributed by atoms with Crippen LogP contribution in [0.15, 0.2) is 42.9 Å². The second-order valence-electron chi connectivity index (χ2n) is 7.80. The maximum absolute atomic E-state index is 15.8. The molecule has 1 aliphatic rings. The summed E-state index contributed by atoms with van der Waals surface area (Å²) in [6.07, 6.45) is 5.06. The third kappa shape index (κ3) is 5.50. The summed E-state index contributed by atoms with van der Waals surface area (Å²) in [5.74, 6) is -0.363. The first-order valence-corrected chi connectivity index (χ1v) is 12.6. The summed E-state index contributed by atoms with van der Waals surface area (Å²) in [6.45, 7) is 3.79. The van der Waals surface area contributed by atoms with Gasteiger partial charge >= 0.3 is 0 Å². The predicted octanol–water partition coefficient (Wildman–Crippen LogP) is 2.84. The number of rotatable bonds is 10. The lowest BCUT2D eigenvalue weighted by atomic mass is 9.97. The number of amides is 1. The lowest BCUT2D eigenvalue weighted by Crippen LogP contribution is -2.37. The minimum absolute atomic E-state index is 0.110. The fraction of sp³-hybridized carbons (Fsp3) is 0.364. The summed E-state index contributed by atoms with van der Waals surface area (Å²) in [6, 6.07) is 6.00. The number of halogens is 1. The van der Waals surface area contributed by atoms with Gasteiger partial charge in [0.15, 0.2) is 5.82 Å². The van der Waals surface area contributed by atoms with Crippen molar-refractivity contribution >= 4 is 27.7 Å². The molecule has 0 aliphatic heterocycles. The van der Waals surface area contributed by atoms with E-state index in [-0.39, 0.29) is 23.9 Å². The molecule has 1 aliphatic carbocycles. The molecule has 11 nitrogen and oxygen atoms in total. The summed E-state index contributed by atoms with van der Waals surface area (Å²) >= 11 is 0. The standard InChI is InChI=1S/C22H24FN7O4S/c1-3-22(23,16-9-11-25-21(27-16)30-35(32,33)15-6-7-15)20(31)28-17-8-5-14(13-26-17)19-24-12-10-18(29-19)34-4-2/h5,8-13,15H,3-4,6-7H2,1-2H3,(H,25,27,30)(H,26,28,31). The molecule has 13 heteroatoms. The monoisotopic (exact) mass is 501 g/mol. The molecule has 0 saturated heterocycles. The molecule has 4 rings (SSSR count). The van der Waals surface area contributed by atoms with E-state index in [1.807, 2.05) is 6.92 Å². The average Bonchev–Trinajstić information content (AvgIpc) is 3.71. The molecule has 0 aromatic carbocycles. The van der Waals surface area contributed by atoms with Crippen molar-refractivity contribution in [1.29, 1.82) is 0 Å². The summed E-state index contributed by atoms with van der Waals surface area (Å²) in [5.41, 5.74) is -2.23. The molecule has 1 saturated carbocycles. The van der Waals surface area contributed by atoms with E-state index >= 15 is 4.39 Å². The molecule has 3 aromatic rings. The first-order chi connectivity index (χ1) is 16.7. The van der Waals surface area contributed by atoms with Gasteiger partial charge in [-0.05, 0) is 44.4 Å². The van der Waals surface area contributed by atoms with Gasteiger partial charge in [0, 0.05) is 30.2 Å². The third-order valence-corrected chi connectivity index (χ3v) is 7.11. The van der Waals surface area contributed by atoms with Gasteiger partial charge in [-0.1, -0.05) is 6.92 Å². The maximum Gasteiger partial charge on any atom is 0.269 e. The van der Waals surface area contributed by atoms with Crippen LogP contribution in [0.3, 0.4) is 0 Å². The molecule has 1 atom stereocenters. The van der Waals surface area contributed by atoms with E-state index in [1.165, 1.54) is 31.5 Å². The van der Waals surface area contributed by atoms with Crippen molar-refractivity contribution < 1.29 is 22.3 Å². The van der Waals surface area contributed by atoms with Crippen molar-refractivity contribution in [2.45, 2.75) is 44.0 Å². The minimum atomic E-state index is -3.64. The van der Waals surface area contributed by atoms with Crippen LogP contribution in [0.2, 0.25) is 0 Å². The Kier molecular flexibility index (Phi) is 6.87. The molecule has 0 spiro atoms. The molecule has 3 aromatic heterocycles. The zero-order valence-corrected chi connectivity index (χ0v) is 19.9. The number of carbonyl (C=O) groups excluding carboxylic acids is 1. The normalized spacial score (nSPS) is 15.2. The Morgan fingerprint density at radius 3 is 2.54 bits per heavy atom. The molecule has 0 radical (unpaired) electrons. The first-order valence-electron chi connectivity index (χ1n) is 11.0. The Morgan fingerprint density at radius 1 is 1.11 bits per heavy atom. The lowest BCUT2D eigenvalue weighted by molar-refractivity contribution is -0.128. The maximum atomic E-state index is 15.8. The van der Waals surface area contributed by atoms with Gasteiger partial charge in [-0.25, -0.2) is 32.7 Å². The van der Waals surface area contributed by atoms with Crippen LogP contribution in [-0.2, 0) is 20.5 Å². The second kappa shape index (κ2) is 9.86. The van der Waals surface area contributed by atoms with Crippen LogP contribution in [0.5, 0.6) is 5.88 Å². The number of hydrogen-bond acceptors (Lipinski definition) is 9. The van der Waals surface area contributed by atoms with Crippen molar-refractivity contribution in [3.63, 3.8) is 0 Å². The zero-order chi connectivity index (χ0) is 25.1. The quantitative estimate of drug-likeness (QED) is 0.427. The fourth-order valence-corrected chi connectivity index (χ4v) is 4.48. The highest BCUT2D eigenvalue weighted by molar-refractivity contribution is 7.93. The number of pyridine rings is 1. The SMILES string of the molecule is CCOc1ccnc(-c2ccc(NC(=O)C(F)(CC)c3ccnc(NS(=O)(=O)C4CC4)n3)nc2)n1. The fourth-order valence-electron chi connectivity index (χ4n) is 3.20. The highest BCUT2D eigenvalue weighted by Crippen LogP contribution is 2.32. The highest BCUT2D eigenvalue weighted by atomic mass is 32.2. The van der Waals surface area contributed by atoms with E-state index in [0.717, 1.165) is 0 Å². The molecule has 35 heavy (non-hydrogen) atoms. The number of hydrogen-bond donors (Lipinski definition) is 2. The number of alkyl halides is 1. The average molecular weight is 502 g/mol. The molecule has 1 amide bonds. The van der Waals surface area contributed by atoms with Gasteiger partial charge in [0.05, 0.1) is 17.6 Å². The van der Waals surface area contributed by atoms with Gasteiger partial charge in [0.1, 0.15) is 5.82 Å². The van der Waals surface area contributed by atoms with Gasteiger partial charge in [-0.2, -0.15) is 4.98 Å². The number of sulfonamides is 1. The molecule has 1 unspecified atom stereocenters. The van der Waals surface area contributed by atoms with Crippen molar-refractivity contribution in [2.24, 2.45) is 0 Å². The zero-order valence-electron chi connectivity index (χ0n) is 19.1. The third-order valence-electron chi connectivity index (χ3n) is 5.29. The predicted molar refractivity (Wildman–Crippen MR) is 126 cm³/mol. The number of ether oxygens (including phenoxy) is 1. The van der Waals surface area contributed by atoms with E-state index in [9.17, 15) is 13.2 Å². The molecule has 2 N–H and O–H groups in total. The van der Waals surface area contributed by atoms with Crippen molar-refractivity contribution in [2.75, 3.05) is 16.6 Å².